The summed E-state index contributed by atoms with van der Waals surface area (Å²) in [5, 5.41) is 2.71. The van der Waals surface area contributed by atoms with Gasteiger partial charge in [-0.05, 0) is 29.2 Å². The molecular weight excluding hydrogens is 305 g/mol. The molecule has 0 heterocycles. The molecule has 0 saturated carbocycles. The number of hydrogen-bond acceptors (Lipinski definition) is 3. The number of rotatable bonds is 4. The Balaban J connectivity index is 3.15. The number of carbonyl (C=O) groups excluding carboxylic acids is 2. The van der Waals surface area contributed by atoms with Crippen LogP contribution in [-0.4, -0.2) is 11.0 Å². The summed E-state index contributed by atoms with van der Waals surface area (Å²) in [6.07, 6.45) is 0.662. The molecule has 1 rings (SSSR count). The van der Waals surface area contributed by atoms with Crippen molar-refractivity contribution in [3.63, 3.8) is 0 Å². The van der Waals surface area contributed by atoms with Crippen molar-refractivity contribution in [3.05, 3.63) is 39.0 Å². The number of thioether (sulfide) groups is 1. The summed E-state index contributed by atoms with van der Waals surface area (Å²) >= 11 is 6.68. The maximum absolute atomic E-state index is 13.6. The smallest absolute Gasteiger partial charge is 0.252 e. The largest absolute Gasteiger partial charge is 0.287 e. The van der Waals surface area contributed by atoms with Gasteiger partial charge in [0.2, 0.25) is 0 Å². The number of amides is 1. The Hall–Kier alpha value is -1.56. The number of benzene rings is 1. The molecule has 106 valence electrons. The normalized spacial score (nSPS) is 11.6. The molecular formula is C12H11ClFN3O2S. The third kappa shape index (κ3) is 3.96. The molecule has 0 aliphatic carbocycles. The number of carbonyl (C=O) groups is 2. The van der Waals surface area contributed by atoms with Gasteiger partial charge in [0.25, 0.3) is 5.91 Å². The Morgan fingerprint density at radius 1 is 1.55 bits per heavy atom. The van der Waals surface area contributed by atoms with Gasteiger partial charge in [-0.1, -0.05) is 37.2 Å². The molecule has 8 heteroatoms. The van der Waals surface area contributed by atoms with Gasteiger partial charge in [-0.2, -0.15) is 0 Å². The fourth-order valence-electron chi connectivity index (χ4n) is 1.24. The molecule has 0 fully saturated rings. The van der Waals surface area contributed by atoms with E-state index >= 15 is 0 Å². The number of halogens is 2. The molecule has 1 unspecified atom stereocenters. The first-order valence-corrected chi connectivity index (χ1v) is 6.90. The van der Waals surface area contributed by atoms with E-state index in [0.29, 0.717) is 6.42 Å². The van der Waals surface area contributed by atoms with Crippen molar-refractivity contribution in [2.24, 2.45) is 11.0 Å². The van der Waals surface area contributed by atoms with E-state index in [1.54, 1.807) is 6.92 Å². The van der Waals surface area contributed by atoms with Crippen LogP contribution in [0.5, 0.6) is 0 Å². The van der Waals surface area contributed by atoms with Crippen LogP contribution in [0.15, 0.2) is 22.1 Å². The van der Waals surface area contributed by atoms with E-state index in [1.165, 1.54) is 0 Å². The third-order valence-electron chi connectivity index (χ3n) is 2.61. The molecule has 0 bridgehead atoms. The Labute approximate surface area is 124 Å². The molecule has 0 N–H and O–H groups in total. The van der Waals surface area contributed by atoms with Crippen LogP contribution in [-0.2, 0) is 4.79 Å². The van der Waals surface area contributed by atoms with Crippen molar-refractivity contribution in [3.8, 4) is 0 Å². The van der Waals surface area contributed by atoms with E-state index in [0.717, 1.165) is 23.9 Å². The van der Waals surface area contributed by atoms with Crippen molar-refractivity contribution in [1.29, 1.82) is 0 Å². The second-order valence-corrected chi connectivity index (χ2v) is 5.44. The topological polar surface area (TPSA) is 82.9 Å². The first kappa shape index (κ1) is 16.5. The van der Waals surface area contributed by atoms with Crippen molar-refractivity contribution < 1.29 is 14.0 Å². The summed E-state index contributed by atoms with van der Waals surface area (Å²) in [6.45, 7) is 3.63. The lowest BCUT2D eigenvalue weighted by molar-refractivity contribution is -0.114. The van der Waals surface area contributed by atoms with Gasteiger partial charge in [-0.25, -0.2) is 4.39 Å². The van der Waals surface area contributed by atoms with E-state index in [-0.39, 0.29) is 21.0 Å². The van der Waals surface area contributed by atoms with Gasteiger partial charge < -0.3 is 0 Å². The van der Waals surface area contributed by atoms with Gasteiger partial charge in [0.05, 0.1) is 10.6 Å². The molecule has 0 aromatic heterocycles. The number of hydrogen-bond donors (Lipinski definition) is 0. The number of azide groups is 1. The lowest BCUT2D eigenvalue weighted by atomic mass is 10.1. The van der Waals surface area contributed by atoms with Crippen LogP contribution in [0.1, 0.15) is 30.6 Å². The summed E-state index contributed by atoms with van der Waals surface area (Å²) < 4.78 is 13.6. The molecule has 0 spiro atoms. The molecule has 20 heavy (non-hydrogen) atoms. The van der Waals surface area contributed by atoms with Gasteiger partial charge in [0.15, 0.2) is 5.12 Å². The highest BCUT2D eigenvalue weighted by molar-refractivity contribution is 8.13. The van der Waals surface area contributed by atoms with Crippen LogP contribution < -0.4 is 0 Å². The fraction of sp³-hybridized carbons (Fsp3) is 0.333. The van der Waals surface area contributed by atoms with Gasteiger partial charge in [-0.15, -0.1) is 0 Å². The standard InChI is InChI=1S/C12H11ClFN3O2S/c1-3-6(2)12(19)20-10-4-7(11(18)16-17-15)9(14)5-8(10)13/h4-6H,3H2,1-2H3. The predicted molar refractivity (Wildman–Crippen MR) is 75.2 cm³/mol. The first-order chi connectivity index (χ1) is 9.40. The van der Waals surface area contributed by atoms with Gasteiger partial charge in [0, 0.05) is 15.7 Å². The van der Waals surface area contributed by atoms with Gasteiger partial charge >= 0.3 is 0 Å². The lowest BCUT2D eigenvalue weighted by Crippen LogP contribution is -2.06. The first-order valence-electron chi connectivity index (χ1n) is 5.70. The van der Waals surface area contributed by atoms with Crippen molar-refractivity contribution >= 4 is 34.4 Å². The monoisotopic (exact) mass is 315 g/mol. The number of nitrogens with zero attached hydrogens (tertiary/aromatic N) is 3. The molecule has 0 radical (unpaired) electrons. The third-order valence-corrected chi connectivity index (χ3v) is 4.20. The van der Waals surface area contributed by atoms with Crippen LogP contribution in [0.2, 0.25) is 5.02 Å². The summed E-state index contributed by atoms with van der Waals surface area (Å²) in [4.78, 5) is 25.8. The lowest BCUT2D eigenvalue weighted by Gasteiger charge is -2.09. The van der Waals surface area contributed by atoms with Crippen LogP contribution in [0.3, 0.4) is 0 Å². The highest BCUT2D eigenvalue weighted by atomic mass is 35.5. The zero-order valence-electron chi connectivity index (χ0n) is 10.8. The summed E-state index contributed by atoms with van der Waals surface area (Å²) in [6, 6.07) is 2.05. The molecule has 0 aliphatic heterocycles. The zero-order chi connectivity index (χ0) is 15.3. The summed E-state index contributed by atoms with van der Waals surface area (Å²) in [5.74, 6) is -2.13. The Morgan fingerprint density at radius 2 is 2.20 bits per heavy atom. The molecule has 1 aromatic rings. The molecule has 5 nitrogen and oxygen atoms in total. The zero-order valence-corrected chi connectivity index (χ0v) is 12.3. The van der Waals surface area contributed by atoms with Gasteiger partial charge in [-0.3, -0.25) is 9.59 Å². The summed E-state index contributed by atoms with van der Waals surface area (Å²) in [7, 11) is 0. The average Bonchev–Trinajstić information content (AvgIpc) is 2.40. The van der Waals surface area contributed by atoms with E-state index in [2.05, 4.69) is 10.0 Å². The Morgan fingerprint density at radius 3 is 2.75 bits per heavy atom. The second kappa shape index (κ2) is 7.28. The van der Waals surface area contributed by atoms with Gasteiger partial charge in [0.1, 0.15) is 5.82 Å². The van der Waals surface area contributed by atoms with E-state index in [4.69, 9.17) is 17.1 Å². The summed E-state index contributed by atoms with van der Waals surface area (Å²) in [5.41, 5.74) is 7.78. The van der Waals surface area contributed by atoms with Crippen LogP contribution in [0.4, 0.5) is 4.39 Å². The Kier molecular flexibility index (Phi) is 6.01. The van der Waals surface area contributed by atoms with Crippen LogP contribution in [0, 0.1) is 11.7 Å². The van der Waals surface area contributed by atoms with Crippen molar-refractivity contribution in [2.45, 2.75) is 25.2 Å². The second-order valence-electron chi connectivity index (χ2n) is 3.99. The highest BCUT2D eigenvalue weighted by Gasteiger charge is 2.18. The van der Waals surface area contributed by atoms with Crippen LogP contribution >= 0.6 is 23.4 Å². The fourth-order valence-corrected chi connectivity index (χ4v) is 2.43. The molecule has 1 aromatic carbocycles. The minimum absolute atomic E-state index is 0.0293. The van der Waals surface area contributed by atoms with E-state index in [9.17, 15) is 14.0 Å². The SMILES string of the molecule is CCC(C)C(=O)Sc1cc(C(=O)N=[N+]=[N-])c(F)cc1Cl. The maximum Gasteiger partial charge on any atom is 0.252 e. The van der Waals surface area contributed by atoms with E-state index < -0.39 is 17.3 Å². The minimum atomic E-state index is -1.06. The maximum atomic E-state index is 13.6. The van der Waals surface area contributed by atoms with Crippen LogP contribution in [0.25, 0.3) is 10.4 Å². The predicted octanol–water partition coefficient (Wildman–Crippen LogP) is 4.59. The molecule has 0 aliphatic rings. The van der Waals surface area contributed by atoms with E-state index in [1.807, 2.05) is 6.92 Å². The molecule has 1 atom stereocenters. The van der Waals surface area contributed by atoms with Crippen molar-refractivity contribution in [1.82, 2.24) is 0 Å². The minimum Gasteiger partial charge on any atom is -0.287 e. The quantitative estimate of drug-likeness (QED) is 0.352. The Bertz CT molecular complexity index is 603. The van der Waals surface area contributed by atoms with Crippen molar-refractivity contribution in [2.75, 3.05) is 0 Å². The average molecular weight is 316 g/mol. The highest BCUT2D eigenvalue weighted by Crippen LogP contribution is 2.32. The molecule has 1 amide bonds. The molecule has 0 saturated heterocycles.